The first kappa shape index (κ1) is 35.9. The molecule has 1 amide bonds. The van der Waals surface area contributed by atoms with E-state index in [-0.39, 0.29) is 23.6 Å². The van der Waals surface area contributed by atoms with Gasteiger partial charge in [0, 0.05) is 5.56 Å². The molecule has 1 aliphatic rings. The summed E-state index contributed by atoms with van der Waals surface area (Å²) < 4.78 is 59.3. The first-order chi connectivity index (χ1) is 25.8. The van der Waals surface area contributed by atoms with Crippen molar-refractivity contribution in [2.45, 2.75) is 30.2 Å². The molecule has 4 aromatic carbocycles. The fourth-order valence-electron chi connectivity index (χ4n) is 6.49. The van der Waals surface area contributed by atoms with Crippen LogP contribution in [0.25, 0.3) is 11.2 Å². The molecule has 272 valence electrons. The molecule has 53 heavy (non-hydrogen) atoms. The molecule has 5 atom stereocenters. The van der Waals surface area contributed by atoms with Gasteiger partial charge in [0.2, 0.25) is 0 Å². The third-order valence-electron chi connectivity index (χ3n) is 9.04. The largest absolute Gasteiger partial charge is 0.497 e. The molecule has 0 saturated carbocycles. The predicted octanol–water partition coefficient (Wildman–Crippen LogP) is 6.11. The lowest BCUT2D eigenvalue weighted by atomic mass is 9.80. The SMILES string of the molecule is COc1ccc(C(OC[C@H]2O[C@@H](n3cnc4c(NC(=O)c5ccccc5)ncnc43)[C@H](F)[C@@H]2O[PH](=O)O)(c2ccccc2)c2ccc(OC)cc2)cc1. The minimum absolute atomic E-state index is 0.107. The van der Waals surface area contributed by atoms with Crippen LogP contribution in [0.2, 0.25) is 0 Å². The van der Waals surface area contributed by atoms with E-state index in [2.05, 4.69) is 20.3 Å². The lowest BCUT2D eigenvalue weighted by molar-refractivity contribution is -0.0912. The zero-order chi connectivity index (χ0) is 37.0. The van der Waals surface area contributed by atoms with Crippen molar-refractivity contribution in [1.82, 2.24) is 19.5 Å². The third-order valence-corrected chi connectivity index (χ3v) is 9.52. The molecule has 6 aromatic rings. The normalized spacial score (nSPS) is 19.2. The monoisotopic (exact) mass is 739 g/mol. The van der Waals surface area contributed by atoms with Crippen molar-refractivity contribution in [2.24, 2.45) is 0 Å². The molecule has 15 heteroatoms. The molecule has 0 spiro atoms. The zero-order valence-corrected chi connectivity index (χ0v) is 29.5. The number of nitrogens with one attached hydrogen (secondary N) is 1. The van der Waals surface area contributed by atoms with Gasteiger partial charge in [0.25, 0.3) is 5.91 Å². The summed E-state index contributed by atoms with van der Waals surface area (Å²) in [6.45, 7) is -0.288. The molecule has 7 rings (SSSR count). The minimum Gasteiger partial charge on any atom is -0.497 e. The Hall–Kier alpha value is -5.50. The van der Waals surface area contributed by atoms with E-state index in [1.807, 2.05) is 78.9 Å². The van der Waals surface area contributed by atoms with Crippen LogP contribution in [-0.2, 0) is 24.2 Å². The summed E-state index contributed by atoms with van der Waals surface area (Å²) in [6.07, 6.45) is -3.56. The number of ether oxygens (including phenoxy) is 4. The molecule has 0 radical (unpaired) electrons. The molecule has 2 N–H and O–H groups in total. The molecule has 1 saturated heterocycles. The smallest absolute Gasteiger partial charge is 0.317 e. The van der Waals surface area contributed by atoms with Crippen LogP contribution in [0, 0.1) is 0 Å². The number of carbonyl (C=O) groups is 1. The van der Waals surface area contributed by atoms with Crippen LogP contribution in [0.3, 0.4) is 0 Å². The van der Waals surface area contributed by atoms with E-state index in [1.165, 1.54) is 17.2 Å². The Bertz CT molecular complexity index is 2150. The maximum Gasteiger partial charge on any atom is 0.317 e. The number of hydrogen-bond donors (Lipinski definition) is 2. The molecule has 0 bridgehead atoms. The maximum absolute atomic E-state index is 16.5. The van der Waals surface area contributed by atoms with E-state index in [9.17, 15) is 14.3 Å². The zero-order valence-electron chi connectivity index (χ0n) is 28.5. The van der Waals surface area contributed by atoms with E-state index in [0.717, 1.165) is 16.7 Å². The summed E-state index contributed by atoms with van der Waals surface area (Å²) in [5.74, 6) is 0.951. The van der Waals surface area contributed by atoms with Gasteiger partial charge in [-0.1, -0.05) is 72.8 Å². The van der Waals surface area contributed by atoms with Crippen molar-refractivity contribution in [2.75, 3.05) is 26.1 Å². The summed E-state index contributed by atoms with van der Waals surface area (Å²) in [5, 5.41) is 2.73. The van der Waals surface area contributed by atoms with Crippen LogP contribution in [0.15, 0.2) is 122 Å². The second-order valence-electron chi connectivity index (χ2n) is 12.0. The molecule has 3 heterocycles. The number of benzene rings is 4. The third kappa shape index (κ3) is 7.15. The lowest BCUT2D eigenvalue weighted by Gasteiger charge is -2.37. The first-order valence-corrected chi connectivity index (χ1v) is 17.8. The number of hydrogen-bond acceptors (Lipinski definition) is 10. The minimum atomic E-state index is -3.64. The Morgan fingerprint density at radius 1 is 0.868 bits per heavy atom. The molecular formula is C38H35FN5O8P. The number of methoxy groups -OCH3 is 2. The van der Waals surface area contributed by atoms with Gasteiger partial charge in [-0.2, -0.15) is 0 Å². The van der Waals surface area contributed by atoms with Crippen LogP contribution in [0.1, 0.15) is 33.3 Å². The van der Waals surface area contributed by atoms with E-state index < -0.39 is 44.4 Å². The van der Waals surface area contributed by atoms with Crippen molar-refractivity contribution in [1.29, 1.82) is 0 Å². The van der Waals surface area contributed by atoms with Crippen molar-refractivity contribution in [3.05, 3.63) is 144 Å². The second kappa shape index (κ2) is 15.6. The number of anilines is 1. The average molecular weight is 740 g/mol. The Labute approximate surface area is 304 Å². The van der Waals surface area contributed by atoms with Crippen LogP contribution in [0.4, 0.5) is 10.2 Å². The van der Waals surface area contributed by atoms with Gasteiger partial charge in [0.1, 0.15) is 35.6 Å². The number of aromatic nitrogens is 4. The first-order valence-electron chi connectivity index (χ1n) is 16.5. The van der Waals surface area contributed by atoms with Crippen molar-refractivity contribution in [3.8, 4) is 11.5 Å². The lowest BCUT2D eigenvalue weighted by Crippen LogP contribution is -2.39. The highest BCUT2D eigenvalue weighted by Crippen LogP contribution is 2.44. The standard InChI is InChI=1S/C38H35FN5O8P/c1-48-28-17-13-26(14-18-28)38(25-11-7-4-8-12-25,27-15-19-29(49-2)20-16-27)50-21-30-33(52-53(46)47)31(39)37(51-30)44-23-42-32-34(40-22-41-35(32)44)43-36(45)24-9-5-3-6-10-24/h3-20,22-23,30-31,33,37,53H,21H2,1-2H3,(H,46,47)(H,40,41,43,45)/t30-,31-,33-,37-/m1/s1. The van der Waals surface area contributed by atoms with Gasteiger partial charge in [-0.3, -0.25) is 13.9 Å². The summed E-state index contributed by atoms with van der Waals surface area (Å²) in [4.78, 5) is 35.6. The Morgan fingerprint density at radius 3 is 2.04 bits per heavy atom. The molecule has 1 aliphatic heterocycles. The maximum atomic E-state index is 16.5. The molecule has 1 fully saturated rings. The molecule has 0 aliphatic carbocycles. The summed E-state index contributed by atoms with van der Waals surface area (Å²) >= 11 is 0. The van der Waals surface area contributed by atoms with E-state index in [4.69, 9.17) is 23.5 Å². The van der Waals surface area contributed by atoms with Gasteiger partial charge in [0.15, 0.2) is 29.4 Å². The highest BCUT2D eigenvalue weighted by Gasteiger charge is 2.50. The van der Waals surface area contributed by atoms with Gasteiger partial charge in [0.05, 0.1) is 27.2 Å². The number of imidazole rings is 1. The number of amides is 1. The molecule has 2 aromatic heterocycles. The van der Waals surface area contributed by atoms with Crippen LogP contribution in [-0.4, -0.2) is 69.5 Å². The summed E-state index contributed by atoms with van der Waals surface area (Å²) in [7, 11) is -0.488. The van der Waals surface area contributed by atoms with Gasteiger partial charge >= 0.3 is 8.25 Å². The van der Waals surface area contributed by atoms with E-state index >= 15 is 4.39 Å². The number of nitrogens with zero attached hydrogens (tertiary/aromatic N) is 4. The summed E-state index contributed by atoms with van der Waals surface area (Å²) in [6, 6.07) is 32.8. The number of alkyl halides is 1. The average Bonchev–Trinajstić information content (AvgIpc) is 3.76. The van der Waals surface area contributed by atoms with Crippen LogP contribution in [0.5, 0.6) is 11.5 Å². The fraction of sp³-hybridized carbons (Fsp3) is 0.211. The number of rotatable bonds is 13. The topological polar surface area (TPSA) is 156 Å². The van der Waals surface area contributed by atoms with Gasteiger partial charge < -0.3 is 33.7 Å². The molecular weight excluding hydrogens is 704 g/mol. The van der Waals surface area contributed by atoms with E-state index in [1.54, 1.807) is 44.6 Å². The fourth-order valence-corrected chi connectivity index (χ4v) is 7.00. The van der Waals surface area contributed by atoms with Gasteiger partial charge in [-0.05, 0) is 53.1 Å². The molecule has 1 unspecified atom stereocenters. The number of halogens is 1. The van der Waals surface area contributed by atoms with E-state index in [0.29, 0.717) is 17.1 Å². The Balaban J connectivity index is 1.24. The van der Waals surface area contributed by atoms with Crippen LogP contribution >= 0.6 is 8.25 Å². The summed E-state index contributed by atoms with van der Waals surface area (Å²) in [5.41, 5.74) is 1.64. The quantitative estimate of drug-likeness (QED) is 0.104. The Kier molecular flexibility index (Phi) is 10.6. The number of fused-ring (bicyclic) bond motifs is 1. The predicted molar refractivity (Wildman–Crippen MR) is 193 cm³/mol. The van der Waals surface area contributed by atoms with Crippen molar-refractivity contribution >= 4 is 31.1 Å². The number of carbonyl (C=O) groups excluding carboxylic acids is 1. The Morgan fingerprint density at radius 2 is 1.45 bits per heavy atom. The highest BCUT2D eigenvalue weighted by atomic mass is 31.1. The molecule has 13 nitrogen and oxygen atoms in total. The van der Waals surface area contributed by atoms with Crippen LogP contribution < -0.4 is 14.8 Å². The highest BCUT2D eigenvalue weighted by molar-refractivity contribution is 7.32. The van der Waals surface area contributed by atoms with Gasteiger partial charge in [-0.15, -0.1) is 0 Å². The second-order valence-corrected chi connectivity index (χ2v) is 12.8. The van der Waals surface area contributed by atoms with Crippen molar-refractivity contribution in [3.63, 3.8) is 0 Å². The van der Waals surface area contributed by atoms with Crippen molar-refractivity contribution < 1.29 is 42.1 Å². The van der Waals surface area contributed by atoms with Gasteiger partial charge in [-0.25, -0.2) is 19.3 Å².